The van der Waals surface area contributed by atoms with E-state index in [9.17, 15) is 0 Å². The summed E-state index contributed by atoms with van der Waals surface area (Å²) in [7, 11) is 0. The summed E-state index contributed by atoms with van der Waals surface area (Å²) in [6.07, 6.45) is 8.45. The van der Waals surface area contributed by atoms with Crippen molar-refractivity contribution in [3.63, 3.8) is 0 Å². The van der Waals surface area contributed by atoms with Crippen molar-refractivity contribution in [2.24, 2.45) is 5.73 Å². The minimum Gasteiger partial charge on any atom is -0.327 e. The minimum atomic E-state index is 0.466. The summed E-state index contributed by atoms with van der Waals surface area (Å²) in [5, 5.41) is 0.697. The van der Waals surface area contributed by atoms with Crippen molar-refractivity contribution in [2.75, 3.05) is 0 Å². The maximum atomic E-state index is 6.06. The van der Waals surface area contributed by atoms with E-state index >= 15 is 0 Å². The standard InChI is InChI=1S/C10H19NS/c1-8-9(11)7-10(12-8)5-3-2-4-6-10/h8-9H,2-7,11H2,1H3. The van der Waals surface area contributed by atoms with E-state index in [4.69, 9.17) is 5.73 Å². The molecule has 70 valence electrons. The van der Waals surface area contributed by atoms with Crippen LogP contribution in [0.15, 0.2) is 0 Å². The SMILES string of the molecule is CC1SC2(CCCCC2)CC1N. The van der Waals surface area contributed by atoms with Crippen LogP contribution in [0.3, 0.4) is 0 Å². The van der Waals surface area contributed by atoms with Gasteiger partial charge >= 0.3 is 0 Å². The third-order valence-electron chi connectivity index (χ3n) is 3.41. The van der Waals surface area contributed by atoms with Gasteiger partial charge in [0.15, 0.2) is 0 Å². The zero-order valence-electron chi connectivity index (χ0n) is 7.88. The molecule has 0 aromatic heterocycles. The molecule has 2 rings (SSSR count). The molecule has 1 nitrogen and oxygen atoms in total. The van der Waals surface area contributed by atoms with E-state index in [-0.39, 0.29) is 0 Å². The molecule has 2 unspecified atom stereocenters. The van der Waals surface area contributed by atoms with Crippen molar-refractivity contribution in [1.82, 2.24) is 0 Å². The lowest BCUT2D eigenvalue weighted by molar-refractivity contribution is 0.373. The number of thioether (sulfide) groups is 1. The van der Waals surface area contributed by atoms with Gasteiger partial charge in [-0.1, -0.05) is 26.2 Å². The Bertz CT molecular complexity index is 151. The lowest BCUT2D eigenvalue weighted by Crippen LogP contribution is -2.30. The van der Waals surface area contributed by atoms with Gasteiger partial charge in [0.05, 0.1) is 0 Å². The third-order valence-corrected chi connectivity index (χ3v) is 5.21. The molecule has 2 aliphatic rings. The van der Waals surface area contributed by atoms with Gasteiger partial charge in [0, 0.05) is 16.0 Å². The van der Waals surface area contributed by atoms with E-state index in [1.807, 2.05) is 0 Å². The van der Waals surface area contributed by atoms with Gasteiger partial charge in [0.1, 0.15) is 0 Å². The van der Waals surface area contributed by atoms with E-state index in [0.29, 0.717) is 16.0 Å². The van der Waals surface area contributed by atoms with Gasteiger partial charge < -0.3 is 5.73 Å². The molecule has 2 fully saturated rings. The molecule has 0 radical (unpaired) electrons. The van der Waals surface area contributed by atoms with E-state index in [1.54, 1.807) is 0 Å². The quantitative estimate of drug-likeness (QED) is 0.627. The molecule has 1 spiro atoms. The molecule has 0 bridgehead atoms. The lowest BCUT2D eigenvalue weighted by atomic mass is 9.84. The Balaban J connectivity index is 2.02. The highest BCUT2D eigenvalue weighted by Gasteiger charge is 2.42. The van der Waals surface area contributed by atoms with Crippen molar-refractivity contribution < 1.29 is 0 Å². The molecule has 1 saturated heterocycles. The highest BCUT2D eigenvalue weighted by molar-refractivity contribution is 8.01. The fourth-order valence-corrected chi connectivity index (χ4v) is 4.52. The van der Waals surface area contributed by atoms with Gasteiger partial charge in [0.25, 0.3) is 0 Å². The monoisotopic (exact) mass is 185 g/mol. The Labute approximate surface area is 79.5 Å². The molecule has 1 aliphatic heterocycles. The lowest BCUT2D eigenvalue weighted by Gasteiger charge is -2.32. The Morgan fingerprint density at radius 3 is 2.42 bits per heavy atom. The molecule has 1 aliphatic carbocycles. The largest absolute Gasteiger partial charge is 0.327 e. The first-order valence-corrected chi connectivity index (χ1v) is 6.03. The van der Waals surface area contributed by atoms with Crippen LogP contribution in [0.1, 0.15) is 45.4 Å². The molecule has 2 heteroatoms. The predicted molar refractivity (Wildman–Crippen MR) is 55.5 cm³/mol. The molecule has 1 heterocycles. The van der Waals surface area contributed by atoms with Crippen LogP contribution in [-0.4, -0.2) is 16.0 Å². The normalized spacial score (nSPS) is 40.5. The van der Waals surface area contributed by atoms with Gasteiger partial charge in [-0.25, -0.2) is 0 Å². The first kappa shape index (κ1) is 8.89. The highest BCUT2D eigenvalue weighted by Crippen LogP contribution is 2.50. The molecule has 0 amide bonds. The summed E-state index contributed by atoms with van der Waals surface area (Å²) in [6.45, 7) is 2.29. The van der Waals surface area contributed by atoms with Crippen LogP contribution in [0.25, 0.3) is 0 Å². The second-order valence-corrected chi connectivity index (χ2v) is 6.28. The number of hydrogen-bond acceptors (Lipinski definition) is 2. The Morgan fingerprint density at radius 1 is 1.25 bits per heavy atom. The first-order valence-electron chi connectivity index (χ1n) is 5.15. The van der Waals surface area contributed by atoms with Gasteiger partial charge in [-0.15, -0.1) is 0 Å². The maximum Gasteiger partial charge on any atom is 0.0178 e. The molecule has 12 heavy (non-hydrogen) atoms. The Hall–Kier alpha value is 0.310. The van der Waals surface area contributed by atoms with Crippen LogP contribution in [0.2, 0.25) is 0 Å². The topological polar surface area (TPSA) is 26.0 Å². The summed E-state index contributed by atoms with van der Waals surface area (Å²) in [6, 6.07) is 0.466. The van der Waals surface area contributed by atoms with Crippen LogP contribution in [-0.2, 0) is 0 Å². The molecule has 0 aromatic carbocycles. The molecule has 2 atom stereocenters. The van der Waals surface area contributed by atoms with Crippen LogP contribution in [0, 0.1) is 0 Å². The average molecular weight is 185 g/mol. The molecule has 0 aromatic rings. The zero-order chi connectivity index (χ0) is 8.60. The second-order valence-electron chi connectivity index (χ2n) is 4.43. The van der Waals surface area contributed by atoms with Crippen LogP contribution in [0.4, 0.5) is 0 Å². The van der Waals surface area contributed by atoms with E-state index in [0.717, 1.165) is 0 Å². The summed E-state index contributed by atoms with van der Waals surface area (Å²) in [5.41, 5.74) is 6.06. The third kappa shape index (κ3) is 1.51. The van der Waals surface area contributed by atoms with Gasteiger partial charge in [-0.2, -0.15) is 11.8 Å². The summed E-state index contributed by atoms with van der Waals surface area (Å²) < 4.78 is 0.608. The van der Waals surface area contributed by atoms with Crippen molar-refractivity contribution in [1.29, 1.82) is 0 Å². The first-order chi connectivity index (χ1) is 5.72. The van der Waals surface area contributed by atoms with Crippen molar-refractivity contribution in [2.45, 2.75) is 61.5 Å². The summed E-state index contributed by atoms with van der Waals surface area (Å²) in [4.78, 5) is 0. The molecule has 1 saturated carbocycles. The van der Waals surface area contributed by atoms with Gasteiger partial charge in [-0.05, 0) is 19.3 Å². The Kier molecular flexibility index (Phi) is 2.39. The average Bonchev–Trinajstić information content (AvgIpc) is 2.29. The number of nitrogens with two attached hydrogens (primary N) is 1. The Morgan fingerprint density at radius 2 is 1.92 bits per heavy atom. The maximum absolute atomic E-state index is 6.06. The minimum absolute atomic E-state index is 0.466. The highest BCUT2D eigenvalue weighted by atomic mass is 32.2. The molecular formula is C10H19NS. The van der Waals surface area contributed by atoms with Crippen LogP contribution in [0.5, 0.6) is 0 Å². The van der Waals surface area contributed by atoms with Crippen LogP contribution < -0.4 is 5.73 Å². The number of rotatable bonds is 0. The molecular weight excluding hydrogens is 166 g/mol. The fourth-order valence-electron chi connectivity index (χ4n) is 2.64. The van der Waals surface area contributed by atoms with Gasteiger partial charge in [-0.3, -0.25) is 0 Å². The zero-order valence-corrected chi connectivity index (χ0v) is 8.70. The van der Waals surface area contributed by atoms with Crippen molar-refractivity contribution in [3.05, 3.63) is 0 Å². The summed E-state index contributed by atoms with van der Waals surface area (Å²) >= 11 is 2.17. The second kappa shape index (κ2) is 3.22. The smallest absolute Gasteiger partial charge is 0.0178 e. The number of hydrogen-bond donors (Lipinski definition) is 1. The van der Waals surface area contributed by atoms with E-state index in [2.05, 4.69) is 18.7 Å². The van der Waals surface area contributed by atoms with Crippen LogP contribution >= 0.6 is 11.8 Å². The van der Waals surface area contributed by atoms with E-state index < -0.39 is 0 Å². The van der Waals surface area contributed by atoms with Crippen molar-refractivity contribution in [3.8, 4) is 0 Å². The van der Waals surface area contributed by atoms with Gasteiger partial charge in [0.2, 0.25) is 0 Å². The fraction of sp³-hybridized carbons (Fsp3) is 1.00. The van der Waals surface area contributed by atoms with E-state index in [1.165, 1.54) is 38.5 Å². The van der Waals surface area contributed by atoms with Crippen molar-refractivity contribution >= 4 is 11.8 Å². The predicted octanol–water partition coefficient (Wildman–Crippen LogP) is 2.54. The molecule has 2 N–H and O–H groups in total. The summed E-state index contributed by atoms with van der Waals surface area (Å²) in [5.74, 6) is 0.